The standard InChI is InChI=1S/C19H26N2OS.ClH/c20-14-10-12-4-3-5-13(11-14)18(12)21-19(22)16-8-9-23-17-7-2-1-6-15(16)17;/h1-2,6-7,12-14,16,18H,3-5,8-11,20H2,(H,21,22);1H. The van der Waals surface area contributed by atoms with Crippen LogP contribution < -0.4 is 11.1 Å². The summed E-state index contributed by atoms with van der Waals surface area (Å²) in [5.41, 5.74) is 7.43. The van der Waals surface area contributed by atoms with E-state index in [0.717, 1.165) is 25.0 Å². The van der Waals surface area contributed by atoms with Gasteiger partial charge >= 0.3 is 0 Å². The summed E-state index contributed by atoms with van der Waals surface area (Å²) in [5, 5.41) is 3.45. The minimum Gasteiger partial charge on any atom is -0.352 e. The van der Waals surface area contributed by atoms with Gasteiger partial charge in [-0.15, -0.1) is 24.2 Å². The first kappa shape index (κ1) is 18.1. The van der Waals surface area contributed by atoms with E-state index in [1.54, 1.807) is 0 Å². The molecule has 3 unspecified atom stereocenters. The van der Waals surface area contributed by atoms with Crippen LogP contribution in [-0.2, 0) is 4.79 Å². The van der Waals surface area contributed by atoms with Gasteiger partial charge in [0, 0.05) is 17.0 Å². The first-order valence-electron chi connectivity index (χ1n) is 9.00. The van der Waals surface area contributed by atoms with E-state index in [1.807, 2.05) is 11.8 Å². The molecule has 3 aliphatic rings. The maximum Gasteiger partial charge on any atom is 0.227 e. The Kier molecular flexibility index (Phi) is 5.78. The molecule has 1 aromatic carbocycles. The van der Waals surface area contributed by atoms with Crippen LogP contribution in [0.3, 0.4) is 0 Å². The summed E-state index contributed by atoms with van der Waals surface area (Å²) in [6.07, 6.45) is 6.88. The molecule has 5 heteroatoms. The number of rotatable bonds is 2. The molecule has 24 heavy (non-hydrogen) atoms. The van der Waals surface area contributed by atoms with Crippen molar-refractivity contribution in [3.63, 3.8) is 0 Å². The van der Waals surface area contributed by atoms with Crippen molar-refractivity contribution in [2.24, 2.45) is 17.6 Å². The maximum absolute atomic E-state index is 13.0. The van der Waals surface area contributed by atoms with E-state index in [9.17, 15) is 4.79 Å². The van der Waals surface area contributed by atoms with Crippen LogP contribution in [0.1, 0.15) is 50.0 Å². The lowest BCUT2D eigenvalue weighted by Crippen LogP contribution is -2.54. The number of halogens is 1. The zero-order valence-electron chi connectivity index (χ0n) is 13.9. The van der Waals surface area contributed by atoms with Gasteiger partial charge in [0.05, 0.1) is 5.92 Å². The highest BCUT2D eigenvalue weighted by atomic mass is 35.5. The second-order valence-corrected chi connectivity index (χ2v) is 8.58. The van der Waals surface area contributed by atoms with Gasteiger partial charge in [-0.2, -0.15) is 0 Å². The molecule has 3 N–H and O–H groups in total. The summed E-state index contributed by atoms with van der Waals surface area (Å²) in [5.74, 6) is 2.50. The summed E-state index contributed by atoms with van der Waals surface area (Å²) in [4.78, 5) is 14.3. The lowest BCUT2D eigenvalue weighted by atomic mass is 9.67. The highest BCUT2D eigenvalue weighted by molar-refractivity contribution is 7.99. The van der Waals surface area contributed by atoms with Gasteiger partial charge in [-0.1, -0.05) is 24.6 Å². The van der Waals surface area contributed by atoms with Crippen LogP contribution in [0.25, 0.3) is 0 Å². The fraction of sp³-hybridized carbons (Fsp3) is 0.632. The van der Waals surface area contributed by atoms with Crippen LogP contribution >= 0.6 is 24.2 Å². The Balaban J connectivity index is 0.00000169. The molecule has 1 aromatic rings. The highest BCUT2D eigenvalue weighted by Crippen LogP contribution is 2.41. The summed E-state index contributed by atoms with van der Waals surface area (Å²) in [6.45, 7) is 0. The fourth-order valence-corrected chi connectivity index (χ4v) is 6.03. The number of carbonyl (C=O) groups excluding carboxylic acids is 1. The lowest BCUT2D eigenvalue weighted by molar-refractivity contribution is -0.125. The highest BCUT2D eigenvalue weighted by Gasteiger charge is 2.41. The summed E-state index contributed by atoms with van der Waals surface area (Å²) in [7, 11) is 0. The average Bonchev–Trinajstić information content (AvgIpc) is 2.55. The average molecular weight is 367 g/mol. The molecular formula is C19H27ClN2OS. The first-order chi connectivity index (χ1) is 11.2. The van der Waals surface area contributed by atoms with Gasteiger partial charge in [0.25, 0.3) is 0 Å². The van der Waals surface area contributed by atoms with Gasteiger partial charge < -0.3 is 11.1 Å². The van der Waals surface area contributed by atoms with E-state index < -0.39 is 0 Å². The van der Waals surface area contributed by atoms with Crippen LogP contribution in [0.2, 0.25) is 0 Å². The predicted molar refractivity (Wildman–Crippen MR) is 102 cm³/mol. The van der Waals surface area contributed by atoms with Crippen LogP contribution in [0.4, 0.5) is 0 Å². The normalized spacial score (nSPS) is 34.6. The number of benzene rings is 1. The topological polar surface area (TPSA) is 55.1 Å². The monoisotopic (exact) mass is 366 g/mol. The third kappa shape index (κ3) is 3.47. The van der Waals surface area contributed by atoms with Crippen LogP contribution in [0.5, 0.6) is 0 Å². The van der Waals surface area contributed by atoms with E-state index in [0.29, 0.717) is 23.9 Å². The Morgan fingerprint density at radius 3 is 2.58 bits per heavy atom. The van der Waals surface area contributed by atoms with Crippen molar-refractivity contribution in [2.75, 3.05) is 5.75 Å². The molecule has 1 amide bonds. The third-order valence-electron chi connectivity index (χ3n) is 5.96. The molecule has 0 radical (unpaired) electrons. The number of nitrogens with two attached hydrogens (primary N) is 1. The van der Waals surface area contributed by atoms with Crippen molar-refractivity contribution in [2.45, 2.75) is 61.4 Å². The second kappa shape index (κ2) is 7.67. The molecular weight excluding hydrogens is 340 g/mol. The van der Waals surface area contributed by atoms with Crippen molar-refractivity contribution >= 4 is 30.1 Å². The number of hydrogen-bond donors (Lipinski definition) is 2. The minimum atomic E-state index is 0. The number of hydrogen-bond acceptors (Lipinski definition) is 3. The quantitative estimate of drug-likeness (QED) is 0.838. The molecule has 0 aromatic heterocycles. The van der Waals surface area contributed by atoms with Gasteiger partial charge in [-0.05, 0) is 61.3 Å². The Hall–Kier alpha value is -0.710. The summed E-state index contributed by atoms with van der Waals surface area (Å²) < 4.78 is 0. The number of amides is 1. The Morgan fingerprint density at radius 1 is 1.12 bits per heavy atom. The first-order valence-corrected chi connectivity index (χ1v) is 9.98. The Bertz CT molecular complexity index is 582. The molecule has 2 aliphatic carbocycles. The molecule has 2 fully saturated rings. The fourth-order valence-electron chi connectivity index (χ4n) is 4.90. The summed E-state index contributed by atoms with van der Waals surface area (Å²) >= 11 is 1.88. The molecule has 4 rings (SSSR count). The summed E-state index contributed by atoms with van der Waals surface area (Å²) in [6, 6.07) is 9.10. The van der Waals surface area contributed by atoms with Crippen LogP contribution in [0, 0.1) is 11.8 Å². The van der Waals surface area contributed by atoms with Gasteiger partial charge in [0.1, 0.15) is 0 Å². The second-order valence-electron chi connectivity index (χ2n) is 7.44. The van der Waals surface area contributed by atoms with E-state index in [-0.39, 0.29) is 24.2 Å². The predicted octanol–water partition coefficient (Wildman–Crippen LogP) is 3.71. The molecule has 2 bridgehead atoms. The third-order valence-corrected chi connectivity index (χ3v) is 7.08. The minimum absolute atomic E-state index is 0. The van der Waals surface area contributed by atoms with E-state index in [1.165, 1.54) is 29.7 Å². The van der Waals surface area contributed by atoms with Gasteiger partial charge in [0.2, 0.25) is 5.91 Å². The van der Waals surface area contributed by atoms with Crippen molar-refractivity contribution in [3.05, 3.63) is 29.8 Å². The molecule has 3 nitrogen and oxygen atoms in total. The Morgan fingerprint density at radius 2 is 1.83 bits per heavy atom. The Labute approximate surface area is 154 Å². The van der Waals surface area contributed by atoms with Crippen molar-refractivity contribution in [3.8, 4) is 0 Å². The molecule has 1 aliphatic heterocycles. The van der Waals surface area contributed by atoms with Crippen LogP contribution in [-0.4, -0.2) is 23.7 Å². The molecule has 1 heterocycles. The molecule has 3 atom stereocenters. The van der Waals surface area contributed by atoms with Crippen molar-refractivity contribution < 1.29 is 4.79 Å². The van der Waals surface area contributed by atoms with Crippen molar-refractivity contribution in [1.82, 2.24) is 5.32 Å². The molecule has 132 valence electrons. The largest absolute Gasteiger partial charge is 0.352 e. The number of carbonyl (C=O) groups is 1. The number of fused-ring (bicyclic) bond motifs is 3. The zero-order chi connectivity index (χ0) is 15.8. The van der Waals surface area contributed by atoms with Crippen molar-refractivity contribution in [1.29, 1.82) is 0 Å². The molecule has 0 spiro atoms. The SMILES string of the molecule is Cl.NC1CC2CCCC(C1)C2NC(=O)C1CCSc2ccccc21. The van der Waals surface area contributed by atoms with Gasteiger partial charge in [-0.3, -0.25) is 4.79 Å². The van der Waals surface area contributed by atoms with Crippen LogP contribution in [0.15, 0.2) is 29.2 Å². The number of thioether (sulfide) groups is 1. The van der Waals surface area contributed by atoms with Gasteiger partial charge in [-0.25, -0.2) is 0 Å². The molecule has 0 saturated heterocycles. The van der Waals surface area contributed by atoms with E-state index in [2.05, 4.69) is 29.6 Å². The number of nitrogens with one attached hydrogen (secondary N) is 1. The lowest BCUT2D eigenvalue weighted by Gasteiger charge is -2.45. The smallest absolute Gasteiger partial charge is 0.227 e. The molecule has 2 saturated carbocycles. The maximum atomic E-state index is 13.0. The van der Waals surface area contributed by atoms with E-state index >= 15 is 0 Å². The van der Waals surface area contributed by atoms with E-state index in [4.69, 9.17) is 5.73 Å². The van der Waals surface area contributed by atoms with Gasteiger partial charge in [0.15, 0.2) is 0 Å². The zero-order valence-corrected chi connectivity index (χ0v) is 15.6.